The number of sulfone groups is 1. The fourth-order valence-electron chi connectivity index (χ4n) is 5.36. The van der Waals surface area contributed by atoms with Crippen LogP contribution in [-0.2, 0) is 25.1 Å². The highest BCUT2D eigenvalue weighted by Gasteiger charge is 2.53. The molecule has 2 atom stereocenters. The van der Waals surface area contributed by atoms with E-state index in [4.69, 9.17) is 24.3 Å². The van der Waals surface area contributed by atoms with Gasteiger partial charge < -0.3 is 19.3 Å². The Balaban J connectivity index is 1.42. The van der Waals surface area contributed by atoms with Crippen molar-refractivity contribution in [3.63, 3.8) is 0 Å². The maximum atomic E-state index is 14.4. The van der Waals surface area contributed by atoms with Crippen molar-refractivity contribution in [3.05, 3.63) is 126 Å². The van der Waals surface area contributed by atoms with Crippen LogP contribution in [0.25, 0.3) is 0 Å². The summed E-state index contributed by atoms with van der Waals surface area (Å²) in [4.78, 5) is 19.4. The lowest BCUT2D eigenvalue weighted by Crippen LogP contribution is -2.53. The van der Waals surface area contributed by atoms with E-state index in [0.29, 0.717) is 53.7 Å². The molecule has 0 aromatic heterocycles. The average molecular weight is 722 g/mol. The van der Waals surface area contributed by atoms with Crippen molar-refractivity contribution in [2.24, 2.45) is 4.99 Å². The van der Waals surface area contributed by atoms with Crippen LogP contribution in [0.2, 0.25) is 0 Å². The highest BCUT2D eigenvalue weighted by molar-refractivity contribution is 7.98. The maximum absolute atomic E-state index is 14.4. The maximum Gasteiger partial charge on any atom is 0.266 e. The van der Waals surface area contributed by atoms with Gasteiger partial charge in [-0.15, -0.1) is 0 Å². The third-order valence-corrected chi connectivity index (χ3v) is 10.8. The molecule has 0 aliphatic carbocycles. The minimum atomic E-state index is -3.81. The number of nitrogens with zero attached hydrogens (tertiary/aromatic N) is 1. The number of aliphatic hydroxyl groups excluding tert-OH is 1. The predicted molar refractivity (Wildman–Crippen MR) is 192 cm³/mol. The number of hydrogen-bond donors (Lipinski definition) is 3. The monoisotopic (exact) mass is 721 g/mol. The standard InChI is InChI=1S/C37H40FN3O7S2/c1-46-32-8-5-7-29(25-32)34-37(19-24-50(44,45)33-9-3-2-4-10-33,36(43)41-39-20-23-49-26-27-11-15-30(38)16-12-27)40-35(48-34)28-13-17-31(18-14-28)47-22-6-21-42/h2-5,7-18,25,34,39,42H,6,19-24,26H2,1H3,(H,41,43)/t34-,37-/m0/s1. The van der Waals surface area contributed by atoms with Crippen molar-refractivity contribution < 1.29 is 36.9 Å². The van der Waals surface area contributed by atoms with E-state index in [1.807, 2.05) is 0 Å². The van der Waals surface area contributed by atoms with E-state index in [2.05, 4.69) is 10.9 Å². The molecule has 4 aromatic carbocycles. The number of benzene rings is 4. The highest BCUT2D eigenvalue weighted by atomic mass is 32.2. The summed E-state index contributed by atoms with van der Waals surface area (Å²) in [6, 6.07) is 28.5. The molecule has 1 heterocycles. The number of ether oxygens (including phenoxy) is 3. The van der Waals surface area contributed by atoms with Crippen molar-refractivity contribution in [1.29, 1.82) is 0 Å². The van der Waals surface area contributed by atoms with Gasteiger partial charge in [0.15, 0.2) is 21.5 Å². The SMILES string of the molecule is COc1cccc([C@@H]2OC(c3ccc(OCCCO)cc3)=N[C@]2(CCS(=O)(=O)c2ccccc2)C(=O)NNCCSCc2ccc(F)cc2)c1. The number of carbonyl (C=O) groups excluding carboxylic acids is 1. The van der Waals surface area contributed by atoms with Gasteiger partial charge in [-0.05, 0) is 71.8 Å². The van der Waals surface area contributed by atoms with Crippen LogP contribution < -0.4 is 20.3 Å². The number of hydrazine groups is 1. The molecule has 1 aliphatic rings. The number of carbonyl (C=O) groups is 1. The predicted octanol–water partition coefficient (Wildman–Crippen LogP) is 5.27. The number of methoxy groups -OCH3 is 1. The summed E-state index contributed by atoms with van der Waals surface area (Å²) in [5.74, 6) is 1.36. The summed E-state index contributed by atoms with van der Waals surface area (Å²) in [6.07, 6.45) is -0.705. The van der Waals surface area contributed by atoms with E-state index in [0.717, 1.165) is 5.56 Å². The van der Waals surface area contributed by atoms with Crippen molar-refractivity contribution in [2.45, 2.75) is 35.1 Å². The number of aliphatic imine (C=N–C) groups is 1. The molecule has 3 N–H and O–H groups in total. The molecule has 0 spiro atoms. The fourth-order valence-corrected chi connectivity index (χ4v) is 7.56. The second-order valence-corrected chi connectivity index (χ2v) is 14.7. The number of thioether (sulfide) groups is 1. The third kappa shape index (κ3) is 9.42. The van der Waals surface area contributed by atoms with Crippen LogP contribution in [0.4, 0.5) is 4.39 Å². The van der Waals surface area contributed by atoms with E-state index in [9.17, 15) is 17.6 Å². The Morgan fingerprint density at radius 1 is 1.00 bits per heavy atom. The largest absolute Gasteiger partial charge is 0.497 e. The van der Waals surface area contributed by atoms with E-state index < -0.39 is 27.4 Å². The fraction of sp³-hybridized carbons (Fsp3) is 0.297. The molecule has 0 unspecified atom stereocenters. The average Bonchev–Trinajstić information content (AvgIpc) is 3.55. The molecule has 5 rings (SSSR count). The topological polar surface area (TPSA) is 136 Å². The van der Waals surface area contributed by atoms with Gasteiger partial charge in [0.05, 0.1) is 24.4 Å². The molecule has 264 valence electrons. The normalized spacial score (nSPS) is 17.1. The molecule has 4 aromatic rings. The molecular formula is C37H40FN3O7S2. The van der Waals surface area contributed by atoms with Gasteiger partial charge in [0.25, 0.3) is 5.91 Å². The second-order valence-electron chi connectivity index (χ2n) is 11.5. The zero-order chi connectivity index (χ0) is 35.4. The third-order valence-electron chi connectivity index (χ3n) is 8.04. The molecule has 1 amide bonds. The Morgan fingerprint density at radius 2 is 1.76 bits per heavy atom. The summed E-state index contributed by atoms with van der Waals surface area (Å²) in [7, 11) is -2.28. The van der Waals surface area contributed by atoms with Crippen molar-refractivity contribution >= 4 is 33.4 Å². The summed E-state index contributed by atoms with van der Waals surface area (Å²) in [5, 5.41) is 9.07. The Labute approximate surface area is 296 Å². The van der Waals surface area contributed by atoms with E-state index in [1.54, 1.807) is 90.6 Å². The minimum Gasteiger partial charge on any atom is -0.497 e. The quantitative estimate of drug-likeness (QED) is 0.0928. The Bertz CT molecular complexity index is 1840. The molecule has 0 fully saturated rings. The Hall–Kier alpha value is -4.43. The van der Waals surface area contributed by atoms with Gasteiger partial charge >= 0.3 is 0 Å². The van der Waals surface area contributed by atoms with Crippen molar-refractivity contribution in [2.75, 3.05) is 38.4 Å². The van der Waals surface area contributed by atoms with Crippen LogP contribution >= 0.6 is 11.8 Å². The van der Waals surface area contributed by atoms with Crippen molar-refractivity contribution in [3.8, 4) is 11.5 Å². The number of rotatable bonds is 18. The summed E-state index contributed by atoms with van der Waals surface area (Å²) in [6.45, 7) is 0.763. The van der Waals surface area contributed by atoms with Gasteiger partial charge in [-0.1, -0.05) is 42.5 Å². The first-order valence-electron chi connectivity index (χ1n) is 16.1. The van der Waals surface area contributed by atoms with Gasteiger partial charge in [-0.25, -0.2) is 23.2 Å². The summed E-state index contributed by atoms with van der Waals surface area (Å²) in [5.41, 5.74) is 6.19. The zero-order valence-corrected chi connectivity index (χ0v) is 29.2. The number of amides is 1. The number of halogens is 1. The van der Waals surface area contributed by atoms with E-state index in [-0.39, 0.29) is 35.4 Å². The molecular weight excluding hydrogens is 682 g/mol. The molecule has 0 saturated heterocycles. The lowest BCUT2D eigenvalue weighted by molar-refractivity contribution is -0.130. The number of nitrogens with one attached hydrogen (secondary N) is 2. The van der Waals surface area contributed by atoms with Crippen LogP contribution in [0.1, 0.15) is 35.6 Å². The number of aliphatic hydroxyl groups is 1. The molecule has 1 aliphatic heterocycles. The first-order chi connectivity index (χ1) is 24.2. The highest BCUT2D eigenvalue weighted by Crippen LogP contribution is 2.43. The van der Waals surface area contributed by atoms with Crippen LogP contribution in [0.3, 0.4) is 0 Å². The van der Waals surface area contributed by atoms with Gasteiger partial charge in [0, 0.05) is 43.1 Å². The lowest BCUT2D eigenvalue weighted by atomic mass is 9.85. The first-order valence-corrected chi connectivity index (χ1v) is 18.9. The molecule has 13 heteroatoms. The van der Waals surface area contributed by atoms with Crippen LogP contribution in [0.5, 0.6) is 11.5 Å². The van der Waals surface area contributed by atoms with E-state index in [1.165, 1.54) is 31.4 Å². The number of hydrogen-bond acceptors (Lipinski definition) is 10. The molecule has 0 radical (unpaired) electrons. The van der Waals surface area contributed by atoms with Gasteiger partial charge in [0.1, 0.15) is 17.3 Å². The van der Waals surface area contributed by atoms with Crippen LogP contribution in [0.15, 0.2) is 113 Å². The first kappa shape index (κ1) is 36.8. The van der Waals surface area contributed by atoms with Crippen LogP contribution in [0, 0.1) is 5.82 Å². The smallest absolute Gasteiger partial charge is 0.266 e. The van der Waals surface area contributed by atoms with Gasteiger partial charge in [-0.2, -0.15) is 11.8 Å². The Kier molecular flexibility index (Phi) is 12.9. The summed E-state index contributed by atoms with van der Waals surface area (Å²) >= 11 is 1.61. The second kappa shape index (κ2) is 17.5. The molecule has 10 nitrogen and oxygen atoms in total. The zero-order valence-electron chi connectivity index (χ0n) is 27.6. The summed E-state index contributed by atoms with van der Waals surface area (Å²) < 4.78 is 58.0. The van der Waals surface area contributed by atoms with Gasteiger partial charge in [-0.3, -0.25) is 10.2 Å². The van der Waals surface area contributed by atoms with Gasteiger partial charge in [0.2, 0.25) is 5.90 Å². The minimum absolute atomic E-state index is 0.0161. The molecule has 0 saturated carbocycles. The molecule has 50 heavy (non-hydrogen) atoms. The van der Waals surface area contributed by atoms with Crippen LogP contribution in [-0.4, -0.2) is 69.2 Å². The lowest BCUT2D eigenvalue weighted by Gasteiger charge is -2.30. The Morgan fingerprint density at radius 3 is 2.48 bits per heavy atom. The van der Waals surface area contributed by atoms with Crippen molar-refractivity contribution in [1.82, 2.24) is 10.9 Å². The van der Waals surface area contributed by atoms with E-state index >= 15 is 0 Å². The molecule has 0 bridgehead atoms.